The van der Waals surface area contributed by atoms with E-state index < -0.39 is 46.5 Å². The fourth-order valence-corrected chi connectivity index (χ4v) is 2.52. The lowest BCUT2D eigenvalue weighted by atomic mass is 10.2. The van der Waals surface area contributed by atoms with Gasteiger partial charge in [-0.1, -0.05) is 22.4 Å². The van der Waals surface area contributed by atoms with Crippen LogP contribution in [0.25, 0.3) is 0 Å². The summed E-state index contributed by atoms with van der Waals surface area (Å²) < 4.78 is 31.7. The molecule has 0 bridgehead atoms. The zero-order chi connectivity index (χ0) is 13.7. The Balaban J connectivity index is 2.44. The Morgan fingerprint density at radius 3 is 1.56 bits per heavy atom. The van der Waals surface area contributed by atoms with Gasteiger partial charge in [-0.05, 0) is 0 Å². The van der Waals surface area contributed by atoms with Crippen LogP contribution in [0.1, 0.15) is 12.8 Å². The van der Waals surface area contributed by atoms with E-state index in [9.17, 15) is 18.7 Å². The number of carbonyl (C=O) groups is 2. The summed E-state index contributed by atoms with van der Waals surface area (Å²) in [6.45, 7) is 0. The highest BCUT2D eigenvalue weighted by molar-refractivity contribution is 7.90. The van der Waals surface area contributed by atoms with Crippen LogP contribution >= 0.6 is 0 Å². The van der Waals surface area contributed by atoms with Gasteiger partial charge in [0.25, 0.3) is 0 Å². The molecule has 0 amide bonds. The molecule has 18 heavy (non-hydrogen) atoms. The Bertz CT molecular complexity index is 277. The highest BCUT2D eigenvalue weighted by Crippen LogP contribution is 2.16. The second-order valence-corrected chi connectivity index (χ2v) is 7.09. The first-order chi connectivity index (χ1) is 8.40. The van der Waals surface area contributed by atoms with Crippen LogP contribution < -0.4 is 0 Å². The average Bonchev–Trinajstić information content (AvgIpc) is 2.27. The van der Waals surface area contributed by atoms with Gasteiger partial charge in [0.2, 0.25) is 12.2 Å². The SMILES string of the molecule is C[S+]([O-])CC[C@H]1OC(=O)[C@@H](CC[S+](C)[O-])OC1=O. The summed E-state index contributed by atoms with van der Waals surface area (Å²) in [5.74, 6) is -0.688. The van der Waals surface area contributed by atoms with E-state index in [4.69, 9.17) is 9.47 Å². The van der Waals surface area contributed by atoms with E-state index in [1.165, 1.54) is 12.5 Å². The topological polar surface area (TPSA) is 98.7 Å². The van der Waals surface area contributed by atoms with Crippen LogP contribution in [0.15, 0.2) is 0 Å². The molecule has 0 aromatic carbocycles. The van der Waals surface area contributed by atoms with E-state index >= 15 is 0 Å². The lowest BCUT2D eigenvalue weighted by molar-refractivity contribution is -0.195. The molecule has 0 radical (unpaired) electrons. The number of cyclic esters (lactones) is 2. The van der Waals surface area contributed by atoms with Gasteiger partial charge in [0, 0.05) is 12.8 Å². The van der Waals surface area contributed by atoms with Crippen molar-refractivity contribution in [1.82, 2.24) is 0 Å². The summed E-state index contributed by atoms with van der Waals surface area (Å²) >= 11 is -2.10. The van der Waals surface area contributed by atoms with Crippen molar-refractivity contribution in [1.29, 1.82) is 0 Å². The minimum absolute atomic E-state index is 0.195. The quantitative estimate of drug-likeness (QED) is 0.477. The van der Waals surface area contributed by atoms with Gasteiger partial charge in [-0.3, -0.25) is 0 Å². The first kappa shape index (κ1) is 15.6. The third-order valence-electron chi connectivity index (χ3n) is 2.38. The maximum atomic E-state index is 11.5. The number of carbonyl (C=O) groups excluding carboxylic acids is 2. The molecule has 1 rings (SSSR count). The molecule has 0 spiro atoms. The Hall–Kier alpha value is -0.440. The summed E-state index contributed by atoms with van der Waals surface area (Å²) in [5.41, 5.74) is 0. The predicted molar refractivity (Wildman–Crippen MR) is 66.9 cm³/mol. The molecule has 4 atom stereocenters. The Morgan fingerprint density at radius 2 is 1.28 bits per heavy atom. The van der Waals surface area contributed by atoms with Crippen molar-refractivity contribution in [3.63, 3.8) is 0 Å². The van der Waals surface area contributed by atoms with Crippen LogP contribution in [0.2, 0.25) is 0 Å². The molecule has 1 saturated heterocycles. The van der Waals surface area contributed by atoms with Crippen molar-refractivity contribution < 1.29 is 28.2 Å². The molecule has 1 aliphatic heterocycles. The summed E-state index contributed by atoms with van der Waals surface area (Å²) in [5, 5.41) is 0. The van der Waals surface area contributed by atoms with E-state index in [2.05, 4.69) is 0 Å². The molecule has 0 aromatic rings. The molecule has 1 heterocycles. The zero-order valence-corrected chi connectivity index (χ0v) is 11.9. The van der Waals surface area contributed by atoms with Gasteiger partial charge < -0.3 is 18.6 Å². The highest BCUT2D eigenvalue weighted by Gasteiger charge is 2.38. The van der Waals surface area contributed by atoms with Crippen LogP contribution in [-0.4, -0.2) is 57.3 Å². The molecule has 0 aliphatic carbocycles. The lowest BCUT2D eigenvalue weighted by Crippen LogP contribution is -2.45. The van der Waals surface area contributed by atoms with Crippen molar-refractivity contribution in [3.05, 3.63) is 0 Å². The number of esters is 2. The van der Waals surface area contributed by atoms with Crippen LogP contribution in [0, 0.1) is 0 Å². The molecule has 8 heteroatoms. The monoisotopic (exact) mass is 296 g/mol. The molecular weight excluding hydrogens is 280 g/mol. The number of ether oxygens (including phenoxy) is 2. The Kier molecular flexibility index (Phi) is 6.27. The second kappa shape index (κ2) is 7.22. The van der Waals surface area contributed by atoms with Gasteiger partial charge in [0.1, 0.15) is 11.5 Å². The van der Waals surface area contributed by atoms with Gasteiger partial charge in [0.15, 0.2) is 0 Å². The third kappa shape index (κ3) is 5.05. The van der Waals surface area contributed by atoms with Crippen LogP contribution in [0.3, 0.4) is 0 Å². The first-order valence-corrected chi connectivity index (χ1v) is 8.86. The maximum Gasteiger partial charge on any atom is 0.348 e. The molecule has 0 N–H and O–H groups in total. The largest absolute Gasteiger partial charge is 0.617 e. The molecule has 1 aliphatic rings. The fraction of sp³-hybridized carbons (Fsp3) is 0.800. The zero-order valence-electron chi connectivity index (χ0n) is 10.2. The summed E-state index contributed by atoms with van der Waals surface area (Å²) in [7, 11) is 0. The van der Waals surface area contributed by atoms with Gasteiger partial charge >= 0.3 is 11.9 Å². The van der Waals surface area contributed by atoms with Gasteiger partial charge in [-0.2, -0.15) is 0 Å². The van der Waals surface area contributed by atoms with Crippen molar-refractivity contribution >= 4 is 34.3 Å². The maximum absolute atomic E-state index is 11.5. The Morgan fingerprint density at radius 1 is 0.944 bits per heavy atom. The van der Waals surface area contributed by atoms with Gasteiger partial charge in [-0.25, -0.2) is 9.59 Å². The molecule has 0 saturated carbocycles. The van der Waals surface area contributed by atoms with Crippen LogP contribution in [-0.2, 0) is 41.4 Å². The van der Waals surface area contributed by atoms with Gasteiger partial charge in [0.05, 0.1) is 12.5 Å². The normalized spacial score (nSPS) is 27.3. The fourth-order valence-electron chi connectivity index (χ4n) is 1.43. The summed E-state index contributed by atoms with van der Waals surface area (Å²) in [4.78, 5) is 23.1. The van der Waals surface area contributed by atoms with Crippen molar-refractivity contribution in [2.45, 2.75) is 25.0 Å². The molecule has 2 unspecified atom stereocenters. The minimum atomic E-state index is -1.05. The Labute approximate surface area is 112 Å². The van der Waals surface area contributed by atoms with Gasteiger partial charge in [-0.15, -0.1) is 0 Å². The summed E-state index contributed by atoms with van der Waals surface area (Å²) in [6, 6.07) is 0. The smallest absolute Gasteiger partial charge is 0.348 e. The second-order valence-electron chi connectivity index (χ2n) is 3.98. The molecule has 0 aromatic heterocycles. The lowest BCUT2D eigenvalue weighted by Gasteiger charge is -2.27. The van der Waals surface area contributed by atoms with Crippen molar-refractivity contribution in [2.24, 2.45) is 0 Å². The molecule has 6 nitrogen and oxygen atoms in total. The van der Waals surface area contributed by atoms with E-state index in [1.54, 1.807) is 0 Å². The third-order valence-corrected chi connectivity index (χ3v) is 4.00. The van der Waals surface area contributed by atoms with Crippen LogP contribution in [0.5, 0.6) is 0 Å². The average molecular weight is 296 g/mol. The first-order valence-electron chi connectivity index (χ1n) is 5.41. The van der Waals surface area contributed by atoms with Crippen LogP contribution in [0.4, 0.5) is 0 Å². The predicted octanol–water partition coefficient (Wildman–Crippen LogP) is -0.639. The van der Waals surface area contributed by atoms with E-state index in [0.717, 1.165) is 0 Å². The number of hydrogen-bond donors (Lipinski definition) is 0. The van der Waals surface area contributed by atoms with Crippen molar-refractivity contribution in [3.8, 4) is 0 Å². The molecule has 1 fully saturated rings. The van der Waals surface area contributed by atoms with E-state index in [0.29, 0.717) is 0 Å². The standard InChI is InChI=1S/C10H16O6S2/c1-17(13)5-3-7-9(11)16-8(10(12)15-7)4-6-18(2)14/h7-8H,3-6H2,1-2H3/t7-,8-,17?,18?/m1/s1. The van der Waals surface area contributed by atoms with Crippen molar-refractivity contribution in [2.75, 3.05) is 24.0 Å². The van der Waals surface area contributed by atoms with E-state index in [-0.39, 0.29) is 24.3 Å². The minimum Gasteiger partial charge on any atom is -0.617 e. The number of rotatable bonds is 6. The molecule has 104 valence electrons. The highest BCUT2D eigenvalue weighted by atomic mass is 32.2. The van der Waals surface area contributed by atoms with E-state index in [1.807, 2.05) is 0 Å². The number of hydrogen-bond acceptors (Lipinski definition) is 6. The summed E-state index contributed by atoms with van der Waals surface area (Å²) in [6.07, 6.45) is 1.47. The molecular formula is C10H16O6S2.